The molecule has 0 aliphatic heterocycles. The van der Waals surface area contributed by atoms with E-state index in [4.69, 9.17) is 0 Å². The van der Waals surface area contributed by atoms with Gasteiger partial charge in [-0.15, -0.1) is 0 Å². The van der Waals surface area contributed by atoms with Crippen LogP contribution in [-0.2, 0) is 26.7 Å². The number of fused-ring (bicyclic) bond motifs is 1. The van der Waals surface area contributed by atoms with E-state index in [1.165, 1.54) is 18.2 Å². The van der Waals surface area contributed by atoms with E-state index in [1.807, 2.05) is 6.92 Å². The molecule has 0 heterocycles. The zero-order chi connectivity index (χ0) is 16.5. The van der Waals surface area contributed by atoms with E-state index in [2.05, 4.69) is 0 Å². The normalized spacial score (nSPS) is 11.6. The molecule has 0 spiro atoms. The maximum absolute atomic E-state index is 11.6. The van der Waals surface area contributed by atoms with Crippen molar-refractivity contribution in [2.24, 2.45) is 0 Å². The molecule has 0 aromatic heterocycles. The molecule has 10 heteroatoms. The summed E-state index contributed by atoms with van der Waals surface area (Å²) in [6.45, 7) is 1.87. The van der Waals surface area contributed by atoms with E-state index in [1.54, 1.807) is 12.1 Å². The monoisotopic (exact) mass is 388 g/mol. The van der Waals surface area contributed by atoms with Gasteiger partial charge in [0.05, 0.1) is 9.79 Å². The fourth-order valence-electron chi connectivity index (χ4n) is 2.43. The maximum atomic E-state index is 11.6. The average molecular weight is 388 g/mol. The second kappa shape index (κ2) is 9.45. The summed E-state index contributed by atoms with van der Waals surface area (Å²) in [7, 11) is -10.2. The van der Waals surface area contributed by atoms with Crippen molar-refractivity contribution in [3.63, 3.8) is 0 Å². The van der Waals surface area contributed by atoms with Crippen molar-refractivity contribution in [1.29, 1.82) is 0 Å². The van der Waals surface area contributed by atoms with Crippen LogP contribution >= 0.6 is 0 Å². The Morgan fingerprint density at radius 1 is 0.917 bits per heavy atom. The Morgan fingerprint density at radius 2 is 1.46 bits per heavy atom. The van der Waals surface area contributed by atoms with Crippen LogP contribution in [-0.4, -0.2) is 25.9 Å². The molecule has 120 valence electrons. The largest absolute Gasteiger partial charge is 1.00 e. The minimum absolute atomic E-state index is 0. The minimum atomic E-state index is -5.12. The van der Waals surface area contributed by atoms with Gasteiger partial charge in [-0.1, -0.05) is 37.6 Å². The number of rotatable bonds is 5. The third kappa shape index (κ3) is 5.51. The predicted molar refractivity (Wildman–Crippen MR) is 78.5 cm³/mol. The van der Waals surface area contributed by atoms with Crippen molar-refractivity contribution in [2.75, 3.05) is 0 Å². The molecule has 0 aliphatic carbocycles. The smallest absolute Gasteiger partial charge is 0.744 e. The van der Waals surface area contributed by atoms with Gasteiger partial charge in [-0.2, -0.15) is 0 Å². The molecule has 0 fully saturated rings. The van der Waals surface area contributed by atoms with Crippen LogP contribution in [0.25, 0.3) is 10.8 Å². The molecular formula is C14H14Na2O6S2. The van der Waals surface area contributed by atoms with Crippen LogP contribution < -0.4 is 59.1 Å². The Bertz CT molecular complexity index is 924. The van der Waals surface area contributed by atoms with E-state index in [0.29, 0.717) is 11.8 Å². The SMILES string of the molecule is CCCCc1cc2ccccc2c(S(=O)(=O)[O-])c1S(=O)(=O)[O-].[Na+].[Na+]. The first-order valence-electron chi connectivity index (χ1n) is 6.62. The van der Waals surface area contributed by atoms with Crippen LogP contribution in [0.2, 0.25) is 0 Å². The summed E-state index contributed by atoms with van der Waals surface area (Å²) < 4.78 is 69.5. The van der Waals surface area contributed by atoms with Crippen molar-refractivity contribution in [3.8, 4) is 0 Å². The number of hydrogen-bond acceptors (Lipinski definition) is 6. The van der Waals surface area contributed by atoms with Gasteiger partial charge in [0.15, 0.2) is 0 Å². The molecule has 6 nitrogen and oxygen atoms in total. The molecule has 0 saturated heterocycles. The van der Waals surface area contributed by atoms with Crippen LogP contribution in [0, 0.1) is 0 Å². The van der Waals surface area contributed by atoms with Crippen molar-refractivity contribution < 1.29 is 85.1 Å². The summed E-state index contributed by atoms with van der Waals surface area (Å²) in [5, 5.41) is 0.364. The van der Waals surface area contributed by atoms with Crippen molar-refractivity contribution in [1.82, 2.24) is 0 Å². The van der Waals surface area contributed by atoms with Gasteiger partial charge in [-0.25, -0.2) is 16.8 Å². The molecular weight excluding hydrogens is 374 g/mol. The van der Waals surface area contributed by atoms with Gasteiger partial charge < -0.3 is 9.11 Å². The van der Waals surface area contributed by atoms with E-state index < -0.39 is 30.0 Å². The Hall–Kier alpha value is 0.520. The first-order chi connectivity index (χ1) is 10.2. The van der Waals surface area contributed by atoms with Crippen molar-refractivity contribution >= 4 is 31.0 Å². The quantitative estimate of drug-likeness (QED) is 0.381. The Balaban J connectivity index is 0.00000264. The number of aryl methyl sites for hydroxylation is 1. The van der Waals surface area contributed by atoms with E-state index in [-0.39, 0.29) is 76.5 Å². The fraction of sp³-hybridized carbons (Fsp3) is 0.286. The van der Waals surface area contributed by atoms with Crippen molar-refractivity contribution in [3.05, 3.63) is 35.9 Å². The molecule has 0 radical (unpaired) electrons. The Morgan fingerprint density at radius 3 is 1.96 bits per heavy atom. The summed E-state index contributed by atoms with van der Waals surface area (Å²) in [6.07, 6.45) is 1.50. The van der Waals surface area contributed by atoms with Gasteiger partial charge in [0.25, 0.3) is 0 Å². The molecule has 2 rings (SSSR count). The van der Waals surface area contributed by atoms with Gasteiger partial charge in [-0.3, -0.25) is 0 Å². The summed E-state index contributed by atoms with van der Waals surface area (Å²) in [6, 6.07) is 7.46. The van der Waals surface area contributed by atoms with Gasteiger partial charge in [0, 0.05) is 5.39 Å². The molecule has 0 N–H and O–H groups in total. The first-order valence-corrected chi connectivity index (χ1v) is 9.44. The fourth-order valence-corrected chi connectivity index (χ4v) is 4.67. The molecule has 0 saturated carbocycles. The van der Waals surface area contributed by atoms with Crippen LogP contribution in [0.1, 0.15) is 25.3 Å². The summed E-state index contributed by atoms with van der Waals surface area (Å²) >= 11 is 0. The van der Waals surface area contributed by atoms with E-state index >= 15 is 0 Å². The first kappa shape index (κ1) is 24.5. The third-order valence-corrected chi connectivity index (χ3v) is 5.35. The predicted octanol–water partition coefficient (Wildman–Crippen LogP) is -4.00. The topological polar surface area (TPSA) is 114 Å². The zero-order valence-corrected chi connectivity index (χ0v) is 19.4. The second-order valence-corrected chi connectivity index (χ2v) is 7.56. The average Bonchev–Trinajstić information content (AvgIpc) is 2.41. The van der Waals surface area contributed by atoms with E-state index in [9.17, 15) is 25.9 Å². The standard InChI is InChI=1S/C14H16O6S2.2Na/c1-2-3-6-11-9-10-7-4-5-8-12(10)14(22(18,19)20)13(11)21(15,16)17;;/h4-5,7-9H,2-3,6H2,1H3,(H,15,16,17)(H,18,19,20);;/q;2*+1/p-2. The number of hydrogen-bond donors (Lipinski definition) is 0. The molecule has 0 bridgehead atoms. The van der Waals surface area contributed by atoms with Gasteiger partial charge in [0.2, 0.25) is 0 Å². The number of benzene rings is 2. The summed E-state index contributed by atoms with van der Waals surface area (Å²) in [5.41, 5.74) is 0.0741. The molecule has 2 aromatic rings. The van der Waals surface area contributed by atoms with Gasteiger partial charge in [0.1, 0.15) is 20.2 Å². The maximum Gasteiger partial charge on any atom is 1.00 e. The molecule has 0 unspecified atom stereocenters. The Labute approximate surface area is 186 Å². The van der Waals surface area contributed by atoms with Gasteiger partial charge in [-0.05, 0) is 29.9 Å². The van der Waals surface area contributed by atoms with E-state index in [0.717, 1.165) is 6.42 Å². The molecule has 0 atom stereocenters. The van der Waals surface area contributed by atoms with Crippen LogP contribution in [0.4, 0.5) is 0 Å². The molecule has 0 amide bonds. The molecule has 24 heavy (non-hydrogen) atoms. The second-order valence-electron chi connectivity index (χ2n) is 4.93. The van der Waals surface area contributed by atoms with Crippen LogP contribution in [0.3, 0.4) is 0 Å². The van der Waals surface area contributed by atoms with Gasteiger partial charge >= 0.3 is 59.1 Å². The number of unbranched alkanes of at least 4 members (excludes halogenated alkanes) is 1. The zero-order valence-electron chi connectivity index (χ0n) is 13.8. The van der Waals surface area contributed by atoms with Crippen LogP contribution in [0.15, 0.2) is 40.1 Å². The summed E-state index contributed by atoms with van der Waals surface area (Å²) in [5.74, 6) is 0. The minimum Gasteiger partial charge on any atom is -0.744 e. The molecule has 0 aliphatic rings. The Kier molecular flexibility index (Phi) is 9.66. The van der Waals surface area contributed by atoms with Crippen molar-refractivity contribution in [2.45, 2.75) is 36.0 Å². The van der Waals surface area contributed by atoms with Crippen LogP contribution in [0.5, 0.6) is 0 Å². The summed E-state index contributed by atoms with van der Waals surface area (Å²) in [4.78, 5) is -1.85. The third-order valence-electron chi connectivity index (χ3n) is 3.33. The molecule has 2 aromatic carbocycles.